The monoisotopic (exact) mass is 2020 g/mol. The summed E-state index contributed by atoms with van der Waals surface area (Å²) in [5, 5.41) is 90.0. The Kier molecular flexibility index (Phi) is 55.1. The average molecular weight is 2020 g/mol. The molecule has 0 radical (unpaired) electrons. The highest BCUT2D eigenvalue weighted by molar-refractivity contribution is 8.07. The number of Topliss-reactive ketones (excluding diaryl/α,β-unsaturated/α-hetero) is 3. The SMILES string of the molecule is CC1[C@H](OCC(=O)CCCCCCCO[C@@H]2C[C@@H](OP([O-])(=S)OCCCOC(C)(C)C)C(COP([O-])(=S)OCCCOP([O-])(=S)O[C@@H]3C[C@@H](OCCCCCCCC(=O)CO[C@@H]4OC(CO)[C@H](O)[C@H](O)C4C)OC3COP([O-])(=S)OCCCOP([O-])(=S)OC3C[C@@H](OCCCCCCCC(=O)CO[C@@H]4OC(CO)[C@H](O)[C@H](O)C4C)O[C@@H]3CO)O2)OC(CO)[C@H](C)[C@@H]1O. The van der Waals surface area contributed by atoms with Crippen molar-refractivity contribution in [1.29, 1.82) is 0 Å². The van der Waals surface area contributed by atoms with E-state index in [1.54, 1.807) is 27.7 Å². The third kappa shape index (κ3) is 44.9. The van der Waals surface area contributed by atoms with Crippen molar-refractivity contribution >= 4 is 110 Å². The summed E-state index contributed by atoms with van der Waals surface area (Å²) in [5.74, 6) is -2.39. The van der Waals surface area contributed by atoms with E-state index in [4.69, 9.17) is 166 Å². The van der Waals surface area contributed by atoms with Crippen molar-refractivity contribution in [2.24, 2.45) is 23.7 Å². The molecule has 6 heterocycles. The number of hydrogen-bond acceptors (Lipinski definition) is 45. The molecule has 0 saturated carbocycles. The summed E-state index contributed by atoms with van der Waals surface area (Å²) in [6, 6.07) is 0. The Bertz CT molecular complexity index is 3370. The van der Waals surface area contributed by atoms with Crippen LogP contribution >= 0.6 is 33.6 Å². The molecule has 29 atom stereocenters. The normalized spacial score (nSPS) is 32.6. The first kappa shape index (κ1) is 116. The Hall–Kier alpha value is 0.780. The fraction of sp³-hybridized carbons (Fsp3) is 0.961. The number of unbranched alkanes of at least 4 members (excludes halogenated alkanes) is 12. The van der Waals surface area contributed by atoms with Gasteiger partial charge >= 0.3 is 0 Å². The zero-order valence-corrected chi connectivity index (χ0v) is 82.1. The van der Waals surface area contributed by atoms with Crippen LogP contribution in [0.2, 0.25) is 0 Å². The van der Waals surface area contributed by atoms with E-state index in [2.05, 4.69) is 0 Å². The molecule has 0 amide bonds. The quantitative estimate of drug-likeness (QED) is 0.0312. The van der Waals surface area contributed by atoms with Gasteiger partial charge in [-0.15, -0.1) is 0 Å². The molecule has 40 nitrogen and oxygen atoms in total. The minimum atomic E-state index is -4.42. The summed E-state index contributed by atoms with van der Waals surface area (Å²) in [6.45, 7) is -13.0. The molecule has 6 aliphatic heterocycles. The highest BCUT2D eigenvalue weighted by atomic mass is 32.5. The molecule has 746 valence electrons. The van der Waals surface area contributed by atoms with Crippen molar-refractivity contribution in [2.75, 3.05) is 119 Å². The van der Waals surface area contributed by atoms with E-state index >= 15 is 0 Å². The fourth-order valence-electron chi connectivity index (χ4n) is 14.3. The number of hydrogen-bond donors (Lipinski definition) is 9. The van der Waals surface area contributed by atoms with Crippen molar-refractivity contribution in [2.45, 2.75) is 331 Å². The zero-order chi connectivity index (χ0) is 93.6. The van der Waals surface area contributed by atoms with Crippen LogP contribution in [0.15, 0.2) is 0 Å². The van der Waals surface area contributed by atoms with Crippen molar-refractivity contribution in [3.8, 4) is 0 Å². The van der Waals surface area contributed by atoms with Crippen molar-refractivity contribution in [3.63, 3.8) is 0 Å². The molecule has 0 aromatic rings. The fourth-order valence-corrected chi connectivity index (χ4v) is 21.2. The summed E-state index contributed by atoms with van der Waals surface area (Å²) in [5.41, 5.74) is -0.418. The van der Waals surface area contributed by atoms with Crippen LogP contribution < -0.4 is 24.5 Å². The third-order valence-corrected chi connectivity index (χ3v) is 29.8. The van der Waals surface area contributed by atoms with Crippen LogP contribution in [0, 0.1) is 23.7 Å². The molecule has 9 N–H and O–H groups in total. The first-order valence-corrected chi connectivity index (χ1v) is 56.6. The van der Waals surface area contributed by atoms with Crippen LogP contribution in [0.4, 0.5) is 0 Å². The number of carbonyl (C=O) groups is 3. The van der Waals surface area contributed by atoms with Crippen LogP contribution in [0.3, 0.4) is 0 Å². The van der Waals surface area contributed by atoms with Crippen LogP contribution in [0.1, 0.15) is 203 Å². The van der Waals surface area contributed by atoms with E-state index < -0.39 is 207 Å². The van der Waals surface area contributed by atoms with Crippen LogP contribution in [0.5, 0.6) is 0 Å². The molecule has 6 saturated heterocycles. The molecular formula is C77H138O40P5S5-5. The molecule has 127 heavy (non-hydrogen) atoms. The largest absolute Gasteiger partial charge is 0.780 e. The molecule has 0 aromatic carbocycles. The molecule has 0 spiro atoms. The third-order valence-electron chi connectivity index (χ3n) is 21.8. The Balaban J connectivity index is 0.914. The Morgan fingerprint density at radius 3 is 0.937 bits per heavy atom. The van der Waals surface area contributed by atoms with Gasteiger partial charge in [-0.05, 0) is 78.6 Å². The number of aliphatic hydroxyl groups excluding tert-OH is 9. The first-order chi connectivity index (χ1) is 60.1. The molecule has 14 unspecified atom stereocenters. The lowest BCUT2D eigenvalue weighted by atomic mass is 9.86. The van der Waals surface area contributed by atoms with E-state index in [9.17, 15) is 84.8 Å². The molecule has 6 aliphatic rings. The smallest absolute Gasteiger partial charge is 0.163 e. The average Bonchev–Trinajstić information content (AvgIpc) is 1.74. The molecule has 50 heteroatoms. The van der Waals surface area contributed by atoms with E-state index in [1.165, 1.54) is 0 Å². The molecule has 0 aromatic heterocycles. The van der Waals surface area contributed by atoms with E-state index in [0.717, 1.165) is 44.9 Å². The number of rotatable bonds is 69. The number of carbonyl (C=O) groups excluding carboxylic acids is 3. The van der Waals surface area contributed by atoms with Crippen molar-refractivity contribution in [1.82, 2.24) is 0 Å². The Labute approximate surface area is 771 Å². The highest BCUT2D eigenvalue weighted by Gasteiger charge is 2.47. The zero-order valence-electron chi connectivity index (χ0n) is 73.5. The highest BCUT2D eigenvalue weighted by Crippen LogP contribution is 2.50. The summed E-state index contributed by atoms with van der Waals surface area (Å²) in [4.78, 5) is 106. The van der Waals surface area contributed by atoms with E-state index in [1.807, 2.05) is 20.8 Å². The van der Waals surface area contributed by atoms with Gasteiger partial charge in [-0.2, -0.15) is 0 Å². The molecule has 0 aliphatic carbocycles. The standard InChI is InChI=1S/C77H143O40P5S5/c1-50-60(41-78)112-74(51(2)69(50)85)98-45-54(82)26-17-12-9-15-21-30-96-67-39-58(116-121(93,126)104-33-23-32-101-77(5,6)7)64(110-67)48-107-119(91,124)103-35-25-37-106-122(94,127)117-59-40-68(97-31-22-16-10-13-19-28-56(84)47-100-76-53(4)71(87)73(89)63(44-81)114-76)111-65(59)49-108-118(90,123)102-34-24-36-105-120(92,125)115-57-38-66(109-61(57)42-79)95-29-20-14-8-11-18-27-55(83)46-99-75-52(3)70(86)72(88)62(43-80)113-75/h50-53,57-76,78-81,85-89H,8-49H2,1-7H3,(H,90,123)(H,91,124)(H,92,125)(H,93,126)(H,94,127)/p-5/t50-,51?,52?,53?,57?,58+,59+,60?,61+,62?,63?,64?,65?,66-,67-,68-,69-,70+,71+,72-,73-,74+,75+,76+,118?,119?,120?,121?,122?/m0/s1. The Morgan fingerprint density at radius 2 is 0.606 bits per heavy atom. The minimum absolute atomic E-state index is 0.0291. The van der Waals surface area contributed by atoms with E-state index in [0.29, 0.717) is 77.4 Å². The van der Waals surface area contributed by atoms with Gasteiger partial charge in [0.2, 0.25) is 0 Å². The van der Waals surface area contributed by atoms with Gasteiger partial charge in [0.25, 0.3) is 0 Å². The lowest BCUT2D eigenvalue weighted by Gasteiger charge is -2.41. The minimum Gasteiger partial charge on any atom is -0.780 e. The summed E-state index contributed by atoms with van der Waals surface area (Å²) in [7, 11) is 0. The lowest BCUT2D eigenvalue weighted by Crippen LogP contribution is -2.55. The van der Waals surface area contributed by atoms with Gasteiger partial charge < -0.3 is 177 Å². The van der Waals surface area contributed by atoms with Crippen LogP contribution in [0.25, 0.3) is 0 Å². The molecular weight excluding hydrogens is 1880 g/mol. The van der Waals surface area contributed by atoms with Gasteiger partial charge in [-0.25, -0.2) is 0 Å². The van der Waals surface area contributed by atoms with Gasteiger partial charge in [0, 0.05) is 88.6 Å². The van der Waals surface area contributed by atoms with Crippen LogP contribution in [-0.4, -0.2) is 311 Å². The topological polar surface area (TPSA) is 561 Å². The second-order valence-electron chi connectivity index (χ2n) is 33.4. The lowest BCUT2D eigenvalue weighted by molar-refractivity contribution is -0.280. The van der Waals surface area contributed by atoms with E-state index in [-0.39, 0.29) is 147 Å². The molecule has 0 bridgehead atoms. The maximum Gasteiger partial charge on any atom is 0.163 e. The maximum absolute atomic E-state index is 13.9. The van der Waals surface area contributed by atoms with Crippen molar-refractivity contribution in [3.05, 3.63) is 0 Å². The summed E-state index contributed by atoms with van der Waals surface area (Å²) < 4.78 is 131. The summed E-state index contributed by atoms with van der Waals surface area (Å²) in [6.07, 6.45) is -8.86. The second kappa shape index (κ2) is 60.0. The number of ether oxygens (including phenoxy) is 13. The number of ketones is 3. The number of aliphatic hydroxyl groups is 9. The molecule has 6 rings (SSSR count). The van der Waals surface area contributed by atoms with Crippen LogP contribution in [-0.2, 0) is 180 Å². The summed E-state index contributed by atoms with van der Waals surface area (Å²) >= 11 is 26.1. The predicted molar refractivity (Wildman–Crippen MR) is 462 cm³/mol. The van der Waals surface area contributed by atoms with Gasteiger partial charge in [-0.1, -0.05) is 145 Å². The maximum atomic E-state index is 13.9. The van der Waals surface area contributed by atoms with Gasteiger partial charge in [0.05, 0.1) is 121 Å². The molecule has 6 fully saturated rings. The second-order valence-corrected chi connectivity index (χ2v) is 47.0. The van der Waals surface area contributed by atoms with Gasteiger partial charge in [0.15, 0.2) is 55.1 Å². The Morgan fingerprint density at radius 1 is 0.323 bits per heavy atom. The van der Waals surface area contributed by atoms with Crippen molar-refractivity contribution < 1.29 is 192 Å². The first-order valence-electron chi connectivity index (χ1n) is 43.8. The van der Waals surface area contributed by atoms with Gasteiger partial charge in [-0.3, -0.25) is 14.4 Å². The predicted octanol–water partition coefficient (Wildman–Crippen LogP) is 2.83. The van der Waals surface area contributed by atoms with Gasteiger partial charge in [0.1, 0.15) is 96.1 Å².